The highest BCUT2D eigenvalue weighted by molar-refractivity contribution is 5.17. The highest BCUT2D eigenvalue weighted by Gasteiger charge is 2.26. The molecule has 0 saturated carbocycles. The fourth-order valence-electron chi connectivity index (χ4n) is 3.40. The molecule has 0 bridgehead atoms. The van der Waals surface area contributed by atoms with Gasteiger partial charge in [0.2, 0.25) is 0 Å². The van der Waals surface area contributed by atoms with E-state index in [1.807, 2.05) is 18.2 Å². The molecular weight excluding hydrogens is 303 g/mol. The molecule has 4 heteroatoms. The summed E-state index contributed by atoms with van der Waals surface area (Å²) < 4.78 is 13.0. The molecule has 3 rings (SSSR count). The SMILES string of the molecule is OCC[C@@H]1CN(Cc2ccc(F)cc2)CCN1Cc1ccccc1. The maximum atomic E-state index is 13.0. The molecule has 2 aromatic carbocycles. The third kappa shape index (κ3) is 4.63. The van der Waals surface area contributed by atoms with Crippen LogP contribution < -0.4 is 0 Å². The van der Waals surface area contributed by atoms with Crippen LogP contribution in [0.1, 0.15) is 17.5 Å². The van der Waals surface area contributed by atoms with Crippen LogP contribution in [0.25, 0.3) is 0 Å². The zero-order valence-corrected chi connectivity index (χ0v) is 13.9. The summed E-state index contributed by atoms with van der Waals surface area (Å²) in [6.45, 7) is 4.88. The molecule has 0 amide bonds. The standard InChI is InChI=1S/C20H25FN2O/c21-19-8-6-18(7-9-19)14-22-11-12-23(20(16-22)10-13-24)15-17-4-2-1-3-5-17/h1-9,20,24H,10-16H2/t20-/m1/s1. The van der Waals surface area contributed by atoms with Gasteiger partial charge in [0.05, 0.1) is 0 Å². The second kappa shape index (κ2) is 8.38. The van der Waals surface area contributed by atoms with Crippen molar-refractivity contribution in [3.05, 3.63) is 71.5 Å². The Morgan fingerprint density at radius 1 is 0.917 bits per heavy atom. The number of aliphatic hydroxyl groups is 1. The first-order chi connectivity index (χ1) is 11.7. The molecule has 1 heterocycles. The number of rotatable bonds is 6. The number of nitrogens with zero attached hydrogens (tertiary/aromatic N) is 2. The van der Waals surface area contributed by atoms with E-state index in [4.69, 9.17) is 0 Å². The molecule has 1 N–H and O–H groups in total. The van der Waals surface area contributed by atoms with Crippen molar-refractivity contribution in [2.24, 2.45) is 0 Å². The Balaban J connectivity index is 1.61. The minimum absolute atomic E-state index is 0.190. The summed E-state index contributed by atoms with van der Waals surface area (Å²) in [5.41, 5.74) is 2.45. The zero-order valence-electron chi connectivity index (χ0n) is 13.9. The highest BCUT2D eigenvalue weighted by Crippen LogP contribution is 2.18. The van der Waals surface area contributed by atoms with Gasteiger partial charge in [0.25, 0.3) is 0 Å². The molecule has 3 nitrogen and oxygen atoms in total. The number of hydrogen-bond acceptors (Lipinski definition) is 3. The summed E-state index contributed by atoms with van der Waals surface area (Å²) in [7, 11) is 0. The van der Waals surface area contributed by atoms with Crippen LogP contribution in [0.3, 0.4) is 0 Å². The van der Waals surface area contributed by atoms with E-state index >= 15 is 0 Å². The van der Waals surface area contributed by atoms with Crippen LogP contribution in [0.4, 0.5) is 4.39 Å². The van der Waals surface area contributed by atoms with Gasteiger partial charge in [-0.05, 0) is 29.7 Å². The topological polar surface area (TPSA) is 26.7 Å². The van der Waals surface area contributed by atoms with E-state index in [1.54, 1.807) is 0 Å². The lowest BCUT2D eigenvalue weighted by Crippen LogP contribution is -2.52. The lowest BCUT2D eigenvalue weighted by atomic mass is 10.1. The highest BCUT2D eigenvalue weighted by atomic mass is 19.1. The monoisotopic (exact) mass is 328 g/mol. The van der Waals surface area contributed by atoms with Crippen LogP contribution in [-0.2, 0) is 13.1 Å². The molecule has 128 valence electrons. The minimum Gasteiger partial charge on any atom is -0.396 e. The fraction of sp³-hybridized carbons (Fsp3) is 0.400. The second-order valence-corrected chi connectivity index (χ2v) is 6.48. The van der Waals surface area contributed by atoms with Gasteiger partial charge in [-0.15, -0.1) is 0 Å². The molecule has 0 unspecified atom stereocenters. The average molecular weight is 328 g/mol. The molecule has 0 aromatic heterocycles. The van der Waals surface area contributed by atoms with Gasteiger partial charge in [-0.25, -0.2) is 4.39 Å². The molecule has 1 aliphatic rings. The molecule has 1 aliphatic heterocycles. The Morgan fingerprint density at radius 3 is 2.33 bits per heavy atom. The van der Waals surface area contributed by atoms with E-state index in [0.717, 1.165) is 44.7 Å². The lowest BCUT2D eigenvalue weighted by molar-refractivity contribution is 0.0500. The van der Waals surface area contributed by atoms with Crippen molar-refractivity contribution in [1.29, 1.82) is 0 Å². The van der Waals surface area contributed by atoms with Gasteiger partial charge in [-0.1, -0.05) is 42.5 Å². The zero-order chi connectivity index (χ0) is 16.8. The third-order valence-electron chi connectivity index (χ3n) is 4.70. The average Bonchev–Trinajstić information content (AvgIpc) is 2.60. The van der Waals surface area contributed by atoms with Crippen LogP contribution in [0, 0.1) is 5.82 Å². The molecule has 1 fully saturated rings. The Labute approximate surface area is 143 Å². The summed E-state index contributed by atoms with van der Waals surface area (Å²) >= 11 is 0. The first-order valence-corrected chi connectivity index (χ1v) is 8.60. The Bertz CT molecular complexity index is 617. The van der Waals surface area contributed by atoms with Crippen molar-refractivity contribution in [3.63, 3.8) is 0 Å². The summed E-state index contributed by atoms with van der Waals surface area (Å²) in [5, 5.41) is 9.42. The summed E-state index contributed by atoms with van der Waals surface area (Å²) in [6.07, 6.45) is 0.784. The molecule has 0 spiro atoms. The predicted octanol–water partition coefficient (Wildman–Crippen LogP) is 2.89. The van der Waals surface area contributed by atoms with Crippen LogP contribution in [0.5, 0.6) is 0 Å². The number of benzene rings is 2. The number of halogens is 1. The Morgan fingerprint density at radius 2 is 1.62 bits per heavy atom. The van der Waals surface area contributed by atoms with Crippen LogP contribution in [-0.4, -0.2) is 47.2 Å². The smallest absolute Gasteiger partial charge is 0.123 e. The molecule has 0 radical (unpaired) electrons. The molecule has 2 aromatic rings. The van der Waals surface area contributed by atoms with E-state index in [0.29, 0.717) is 6.04 Å². The van der Waals surface area contributed by atoms with Crippen LogP contribution in [0.2, 0.25) is 0 Å². The largest absolute Gasteiger partial charge is 0.396 e. The van der Waals surface area contributed by atoms with Gasteiger partial charge in [-0.3, -0.25) is 9.80 Å². The van der Waals surface area contributed by atoms with Gasteiger partial charge in [0.15, 0.2) is 0 Å². The van der Waals surface area contributed by atoms with Gasteiger partial charge in [-0.2, -0.15) is 0 Å². The first kappa shape index (κ1) is 17.1. The number of piperazine rings is 1. The molecule has 1 saturated heterocycles. The van der Waals surface area contributed by atoms with Gasteiger partial charge >= 0.3 is 0 Å². The Kier molecular flexibility index (Phi) is 5.96. The molecule has 0 aliphatic carbocycles. The molecule has 24 heavy (non-hydrogen) atoms. The van der Waals surface area contributed by atoms with Crippen LogP contribution in [0.15, 0.2) is 54.6 Å². The summed E-state index contributed by atoms with van der Waals surface area (Å²) in [5.74, 6) is -0.190. The van der Waals surface area contributed by atoms with E-state index in [-0.39, 0.29) is 12.4 Å². The van der Waals surface area contributed by atoms with Gasteiger partial charge in [0.1, 0.15) is 5.82 Å². The van der Waals surface area contributed by atoms with Gasteiger partial charge in [0, 0.05) is 45.4 Å². The number of aliphatic hydroxyl groups excluding tert-OH is 1. The van der Waals surface area contributed by atoms with Crippen molar-refractivity contribution in [1.82, 2.24) is 9.80 Å². The maximum absolute atomic E-state index is 13.0. The maximum Gasteiger partial charge on any atom is 0.123 e. The lowest BCUT2D eigenvalue weighted by Gasteiger charge is -2.41. The third-order valence-corrected chi connectivity index (χ3v) is 4.70. The van der Waals surface area contributed by atoms with Gasteiger partial charge < -0.3 is 5.11 Å². The minimum atomic E-state index is -0.190. The predicted molar refractivity (Wildman–Crippen MR) is 94.0 cm³/mol. The molecule has 1 atom stereocenters. The van der Waals surface area contributed by atoms with E-state index in [9.17, 15) is 9.50 Å². The van der Waals surface area contributed by atoms with Crippen molar-refractivity contribution < 1.29 is 9.50 Å². The van der Waals surface area contributed by atoms with Crippen molar-refractivity contribution in [2.75, 3.05) is 26.2 Å². The Hall–Kier alpha value is -1.75. The molecular formula is C20H25FN2O. The quantitative estimate of drug-likeness (QED) is 0.883. The van der Waals surface area contributed by atoms with E-state index in [1.165, 1.54) is 17.7 Å². The normalized spacial score (nSPS) is 19.5. The second-order valence-electron chi connectivity index (χ2n) is 6.48. The van der Waals surface area contributed by atoms with Crippen molar-refractivity contribution >= 4 is 0 Å². The number of hydrogen-bond donors (Lipinski definition) is 1. The van der Waals surface area contributed by atoms with E-state index < -0.39 is 0 Å². The fourth-order valence-corrected chi connectivity index (χ4v) is 3.40. The first-order valence-electron chi connectivity index (χ1n) is 8.60. The van der Waals surface area contributed by atoms with Crippen molar-refractivity contribution in [3.8, 4) is 0 Å². The summed E-state index contributed by atoms with van der Waals surface area (Å²) in [6, 6.07) is 17.6. The van der Waals surface area contributed by atoms with E-state index in [2.05, 4.69) is 34.1 Å². The van der Waals surface area contributed by atoms with Crippen molar-refractivity contribution in [2.45, 2.75) is 25.6 Å². The summed E-state index contributed by atoms with van der Waals surface area (Å²) in [4.78, 5) is 4.86. The van der Waals surface area contributed by atoms with Crippen LogP contribution >= 0.6 is 0 Å².